The second-order valence-corrected chi connectivity index (χ2v) is 6.38. The first-order valence-corrected chi connectivity index (χ1v) is 7.78. The lowest BCUT2D eigenvalue weighted by molar-refractivity contribution is 0.0569. The summed E-state index contributed by atoms with van der Waals surface area (Å²) in [5.41, 5.74) is 1.66. The van der Waals surface area contributed by atoms with Crippen LogP contribution in [0.15, 0.2) is 30.7 Å². The normalized spacial score (nSPS) is 11.4. The minimum Gasteiger partial charge on any atom is -0.443 e. The van der Waals surface area contributed by atoms with Gasteiger partial charge in [-0.3, -0.25) is 9.88 Å². The van der Waals surface area contributed by atoms with Gasteiger partial charge in [0.25, 0.3) is 0 Å². The molecule has 24 heavy (non-hydrogen) atoms. The lowest BCUT2D eigenvalue weighted by atomic mass is 10.2. The third-order valence-corrected chi connectivity index (χ3v) is 3.21. The first kappa shape index (κ1) is 17.9. The van der Waals surface area contributed by atoms with Gasteiger partial charge in [-0.05, 0) is 39.8 Å². The van der Waals surface area contributed by atoms with Crippen LogP contribution in [0.4, 0.5) is 10.5 Å². The number of nitrogens with zero attached hydrogens (tertiary/aromatic N) is 4. The molecule has 0 bridgehead atoms. The number of aryl methyl sites for hydroxylation is 1. The van der Waals surface area contributed by atoms with Crippen LogP contribution in [0.5, 0.6) is 0 Å². The maximum atomic E-state index is 12.6. The van der Waals surface area contributed by atoms with Gasteiger partial charge in [-0.15, -0.1) is 0 Å². The molecule has 130 valence electrons. The molecule has 0 saturated heterocycles. The maximum Gasteiger partial charge on any atom is 0.414 e. The van der Waals surface area contributed by atoms with Crippen molar-refractivity contribution in [1.29, 1.82) is 0 Å². The van der Waals surface area contributed by atoms with Gasteiger partial charge >= 0.3 is 6.09 Å². The molecular weight excluding hydrogens is 308 g/mol. The summed E-state index contributed by atoms with van der Waals surface area (Å²) in [5.74, 6) is 0. The summed E-state index contributed by atoms with van der Waals surface area (Å²) in [6, 6.07) is 3.73. The summed E-state index contributed by atoms with van der Waals surface area (Å²) < 4.78 is 12.3. The lowest BCUT2D eigenvalue weighted by Gasteiger charge is -2.26. The fourth-order valence-electron chi connectivity index (χ4n) is 2.15. The molecule has 0 radical (unpaired) electrons. The molecule has 0 saturated carbocycles. The number of ether oxygens (including phenoxy) is 2. The smallest absolute Gasteiger partial charge is 0.414 e. The van der Waals surface area contributed by atoms with Gasteiger partial charge in [0.2, 0.25) is 0 Å². The third-order valence-electron chi connectivity index (χ3n) is 3.21. The highest BCUT2D eigenvalue weighted by molar-refractivity contribution is 5.88. The number of amides is 1. The Labute approximate surface area is 142 Å². The van der Waals surface area contributed by atoms with E-state index in [1.54, 1.807) is 35.3 Å². The summed E-state index contributed by atoms with van der Waals surface area (Å²) in [7, 11) is 1.60. The molecule has 0 fully saturated rings. The van der Waals surface area contributed by atoms with Crippen LogP contribution in [0.3, 0.4) is 0 Å². The molecule has 0 aliphatic heterocycles. The van der Waals surface area contributed by atoms with Crippen LogP contribution >= 0.6 is 0 Å². The molecule has 2 heterocycles. The minimum absolute atomic E-state index is 0.380. The molecule has 0 spiro atoms. The van der Waals surface area contributed by atoms with Crippen LogP contribution < -0.4 is 4.90 Å². The van der Waals surface area contributed by atoms with Crippen LogP contribution in [-0.2, 0) is 9.47 Å². The third kappa shape index (κ3) is 4.55. The van der Waals surface area contributed by atoms with Gasteiger partial charge in [-0.1, -0.05) is 0 Å². The fraction of sp³-hybridized carbons (Fsp3) is 0.471. The molecule has 7 nitrogen and oxygen atoms in total. The zero-order valence-corrected chi connectivity index (χ0v) is 14.8. The zero-order chi connectivity index (χ0) is 17.7. The van der Waals surface area contributed by atoms with Crippen molar-refractivity contribution in [3.8, 4) is 5.69 Å². The highest BCUT2D eigenvalue weighted by Gasteiger charge is 2.26. The van der Waals surface area contributed by atoms with Crippen molar-refractivity contribution < 1.29 is 14.3 Å². The summed E-state index contributed by atoms with van der Waals surface area (Å²) in [5, 5.41) is 4.48. The minimum atomic E-state index is -0.574. The summed E-state index contributed by atoms with van der Waals surface area (Å²) in [4.78, 5) is 18.2. The topological polar surface area (TPSA) is 69.5 Å². The molecule has 0 aliphatic rings. The molecule has 2 rings (SSSR count). The van der Waals surface area contributed by atoms with E-state index >= 15 is 0 Å². The van der Waals surface area contributed by atoms with E-state index in [0.29, 0.717) is 18.8 Å². The van der Waals surface area contributed by atoms with E-state index in [0.717, 1.165) is 11.4 Å². The van der Waals surface area contributed by atoms with E-state index in [9.17, 15) is 4.79 Å². The summed E-state index contributed by atoms with van der Waals surface area (Å²) >= 11 is 0. The number of pyridine rings is 1. The number of methoxy groups -OCH3 is 1. The molecule has 0 N–H and O–H groups in total. The molecule has 0 aromatic carbocycles. The Kier molecular flexibility index (Phi) is 5.56. The Hall–Kier alpha value is -2.41. The predicted molar refractivity (Wildman–Crippen MR) is 91.6 cm³/mol. The Bertz CT molecular complexity index is 677. The van der Waals surface area contributed by atoms with Crippen molar-refractivity contribution >= 4 is 11.8 Å². The van der Waals surface area contributed by atoms with Crippen molar-refractivity contribution in [2.24, 2.45) is 0 Å². The van der Waals surface area contributed by atoms with Gasteiger partial charge in [0.15, 0.2) is 0 Å². The summed E-state index contributed by atoms with van der Waals surface area (Å²) in [6.45, 7) is 8.15. The van der Waals surface area contributed by atoms with Crippen LogP contribution in [0.2, 0.25) is 0 Å². The molecular formula is C17H24N4O3. The Morgan fingerprint density at radius 3 is 2.71 bits per heavy atom. The van der Waals surface area contributed by atoms with Gasteiger partial charge < -0.3 is 9.47 Å². The molecule has 0 unspecified atom stereocenters. The number of anilines is 1. The summed E-state index contributed by atoms with van der Waals surface area (Å²) in [6.07, 6.45) is 4.79. The van der Waals surface area contributed by atoms with Crippen molar-refractivity contribution in [3.05, 3.63) is 36.4 Å². The zero-order valence-electron chi connectivity index (χ0n) is 14.8. The van der Waals surface area contributed by atoms with E-state index in [1.807, 2.05) is 39.8 Å². The largest absolute Gasteiger partial charge is 0.443 e. The number of hydrogen-bond acceptors (Lipinski definition) is 5. The van der Waals surface area contributed by atoms with Gasteiger partial charge in [-0.25, -0.2) is 9.48 Å². The van der Waals surface area contributed by atoms with Crippen molar-refractivity contribution in [2.45, 2.75) is 33.3 Å². The number of hydrogen-bond donors (Lipinski definition) is 0. The number of carbonyl (C=O) groups excluding carboxylic acids is 1. The lowest BCUT2D eigenvalue weighted by Crippen LogP contribution is -2.39. The second kappa shape index (κ2) is 7.44. The standard InChI is InChI=1S/C17H24N4O3/c1-13-15(12-21(19-13)14-7-6-8-18-11-14)20(9-10-23-5)16(22)24-17(2,3)4/h6-8,11-12H,9-10H2,1-5H3. The van der Waals surface area contributed by atoms with E-state index < -0.39 is 11.7 Å². The van der Waals surface area contributed by atoms with Crippen molar-refractivity contribution in [3.63, 3.8) is 0 Å². The van der Waals surface area contributed by atoms with Gasteiger partial charge in [0.1, 0.15) is 5.60 Å². The van der Waals surface area contributed by atoms with Crippen LogP contribution in [0.1, 0.15) is 26.5 Å². The number of carbonyl (C=O) groups is 1. The van der Waals surface area contributed by atoms with Crippen molar-refractivity contribution in [2.75, 3.05) is 25.2 Å². The second-order valence-electron chi connectivity index (χ2n) is 6.38. The molecule has 0 atom stereocenters. The first-order chi connectivity index (χ1) is 11.3. The molecule has 7 heteroatoms. The van der Waals surface area contributed by atoms with Crippen LogP contribution in [0.25, 0.3) is 5.69 Å². The number of rotatable bonds is 5. The van der Waals surface area contributed by atoms with E-state index in [2.05, 4.69) is 10.1 Å². The van der Waals surface area contributed by atoms with Crippen molar-refractivity contribution in [1.82, 2.24) is 14.8 Å². The number of aromatic nitrogens is 3. The average Bonchev–Trinajstić information content (AvgIpc) is 2.89. The van der Waals surface area contributed by atoms with Gasteiger partial charge in [-0.2, -0.15) is 5.10 Å². The Morgan fingerprint density at radius 1 is 1.38 bits per heavy atom. The molecule has 0 aliphatic carbocycles. The first-order valence-electron chi connectivity index (χ1n) is 7.78. The van der Waals surface area contributed by atoms with Gasteiger partial charge in [0.05, 0.1) is 42.6 Å². The average molecular weight is 332 g/mol. The fourth-order valence-corrected chi connectivity index (χ4v) is 2.15. The molecule has 2 aromatic rings. The molecule has 1 amide bonds. The quantitative estimate of drug-likeness (QED) is 0.842. The van der Waals surface area contributed by atoms with Gasteiger partial charge in [0, 0.05) is 13.3 Å². The highest BCUT2D eigenvalue weighted by atomic mass is 16.6. The predicted octanol–water partition coefficient (Wildman–Crippen LogP) is 2.96. The maximum absolute atomic E-state index is 12.6. The highest BCUT2D eigenvalue weighted by Crippen LogP contribution is 2.23. The SMILES string of the molecule is COCCN(C(=O)OC(C)(C)C)c1cn(-c2cccnc2)nc1C. The van der Waals surface area contributed by atoms with Crippen LogP contribution in [-0.4, -0.2) is 46.7 Å². The van der Waals surface area contributed by atoms with E-state index in [-0.39, 0.29) is 0 Å². The monoisotopic (exact) mass is 332 g/mol. The Balaban J connectivity index is 2.32. The van der Waals surface area contributed by atoms with Crippen LogP contribution in [0, 0.1) is 6.92 Å². The molecule has 2 aromatic heterocycles. The van der Waals surface area contributed by atoms with E-state index in [4.69, 9.17) is 9.47 Å². The Morgan fingerprint density at radius 2 is 2.12 bits per heavy atom. The van der Waals surface area contributed by atoms with E-state index in [1.165, 1.54) is 0 Å².